The van der Waals surface area contributed by atoms with E-state index >= 15 is 0 Å². The molecule has 1 atom stereocenters. The van der Waals surface area contributed by atoms with Crippen molar-refractivity contribution in [2.24, 2.45) is 0 Å². The Balaban J connectivity index is 1.67. The van der Waals surface area contributed by atoms with Gasteiger partial charge in [0.05, 0.1) is 18.2 Å². The predicted octanol–water partition coefficient (Wildman–Crippen LogP) is 4.80. The first-order valence-corrected chi connectivity index (χ1v) is 10.6. The summed E-state index contributed by atoms with van der Waals surface area (Å²) in [5, 5.41) is 9.84. The third kappa shape index (κ3) is 3.68. The number of hydrogen-bond acceptors (Lipinski definition) is 4. The minimum Gasteiger partial charge on any atom is -0.348 e. The highest BCUT2D eigenvalue weighted by molar-refractivity contribution is 7.10. The molecule has 6 heteroatoms. The van der Waals surface area contributed by atoms with Crippen LogP contribution in [0.3, 0.4) is 0 Å². The molecule has 0 saturated carbocycles. The normalized spacial score (nSPS) is 12.3. The van der Waals surface area contributed by atoms with Crippen LogP contribution in [0, 0.1) is 20.8 Å². The minimum absolute atomic E-state index is 0.00330. The highest BCUT2D eigenvalue weighted by atomic mass is 32.1. The van der Waals surface area contributed by atoms with E-state index < -0.39 is 0 Å². The third-order valence-corrected chi connectivity index (χ3v) is 6.30. The van der Waals surface area contributed by atoms with Crippen molar-refractivity contribution in [3.8, 4) is 11.1 Å². The molecule has 0 saturated heterocycles. The summed E-state index contributed by atoms with van der Waals surface area (Å²) in [5.74, 6) is -0.00888. The smallest absolute Gasteiger partial charge is 0.225 e. The molecule has 0 radical (unpaired) electrons. The highest BCUT2D eigenvalue weighted by Crippen LogP contribution is 2.29. The second-order valence-electron chi connectivity index (χ2n) is 7.30. The standard InChI is InChI=1S/C23H24N4OS/c1-14-19(13-21(28)24-15(2)20-11-8-12-29-20)17(4)27-23(25-14)22(16(3)26-27)18-9-6-5-7-10-18/h5-12,15H,13H2,1-4H3,(H,24,28)/t15-/m0/s1. The quantitative estimate of drug-likeness (QED) is 0.520. The van der Waals surface area contributed by atoms with Crippen LogP contribution in [-0.4, -0.2) is 20.5 Å². The lowest BCUT2D eigenvalue weighted by Crippen LogP contribution is -2.28. The Morgan fingerprint density at radius 3 is 2.55 bits per heavy atom. The number of benzene rings is 1. The Hall–Kier alpha value is -2.99. The van der Waals surface area contributed by atoms with E-state index in [1.807, 2.05) is 67.9 Å². The zero-order valence-corrected chi connectivity index (χ0v) is 17.9. The number of aromatic nitrogens is 3. The Bertz CT molecular complexity index is 1160. The van der Waals surface area contributed by atoms with E-state index in [0.717, 1.165) is 44.3 Å². The molecule has 29 heavy (non-hydrogen) atoms. The summed E-state index contributed by atoms with van der Waals surface area (Å²) in [6.07, 6.45) is 0.288. The SMILES string of the molecule is Cc1nc2c(-c3ccccc3)c(C)nn2c(C)c1CC(=O)N[C@@H](C)c1cccs1. The number of thiophene rings is 1. The molecule has 1 N–H and O–H groups in total. The van der Waals surface area contributed by atoms with Gasteiger partial charge in [-0.3, -0.25) is 4.79 Å². The van der Waals surface area contributed by atoms with Crippen molar-refractivity contribution in [2.45, 2.75) is 40.2 Å². The third-order valence-electron chi connectivity index (χ3n) is 5.25. The van der Waals surface area contributed by atoms with Crippen LogP contribution >= 0.6 is 11.3 Å². The fourth-order valence-electron chi connectivity index (χ4n) is 3.73. The molecule has 0 fully saturated rings. The van der Waals surface area contributed by atoms with Gasteiger partial charge in [-0.25, -0.2) is 9.50 Å². The molecule has 148 valence electrons. The second-order valence-corrected chi connectivity index (χ2v) is 8.28. The van der Waals surface area contributed by atoms with Gasteiger partial charge in [0.2, 0.25) is 5.91 Å². The lowest BCUT2D eigenvalue weighted by Gasteiger charge is -2.15. The molecule has 0 aliphatic heterocycles. The Morgan fingerprint density at radius 2 is 1.86 bits per heavy atom. The summed E-state index contributed by atoms with van der Waals surface area (Å²) in [6, 6.07) is 14.2. The van der Waals surface area contributed by atoms with Gasteiger partial charge in [0.1, 0.15) is 0 Å². The highest BCUT2D eigenvalue weighted by Gasteiger charge is 2.20. The van der Waals surface area contributed by atoms with E-state index in [2.05, 4.69) is 17.4 Å². The first kappa shape index (κ1) is 19.3. The second kappa shape index (κ2) is 7.79. The van der Waals surface area contributed by atoms with Crippen LogP contribution in [-0.2, 0) is 11.2 Å². The molecular formula is C23H24N4OS. The number of amides is 1. The van der Waals surface area contributed by atoms with Gasteiger partial charge in [0.25, 0.3) is 0 Å². The number of carbonyl (C=O) groups is 1. The molecular weight excluding hydrogens is 380 g/mol. The van der Waals surface area contributed by atoms with Crippen LogP contribution in [0.2, 0.25) is 0 Å². The summed E-state index contributed by atoms with van der Waals surface area (Å²) < 4.78 is 1.87. The zero-order valence-electron chi connectivity index (χ0n) is 17.1. The molecule has 1 amide bonds. The molecule has 0 aliphatic rings. The van der Waals surface area contributed by atoms with Crippen molar-refractivity contribution in [1.29, 1.82) is 0 Å². The van der Waals surface area contributed by atoms with Gasteiger partial charge < -0.3 is 5.32 Å². The monoisotopic (exact) mass is 404 g/mol. The fraction of sp³-hybridized carbons (Fsp3) is 0.261. The van der Waals surface area contributed by atoms with E-state index in [4.69, 9.17) is 10.1 Å². The van der Waals surface area contributed by atoms with Crippen molar-refractivity contribution in [3.63, 3.8) is 0 Å². The molecule has 0 aliphatic carbocycles. The number of nitrogens with zero attached hydrogens (tertiary/aromatic N) is 3. The fourth-order valence-corrected chi connectivity index (χ4v) is 4.46. The largest absolute Gasteiger partial charge is 0.348 e. The van der Waals surface area contributed by atoms with Crippen molar-refractivity contribution in [3.05, 3.63) is 75.4 Å². The average molecular weight is 405 g/mol. The molecule has 0 bridgehead atoms. The van der Waals surface area contributed by atoms with Crippen LogP contribution in [0.4, 0.5) is 0 Å². The Labute approximate surface area is 174 Å². The Morgan fingerprint density at radius 1 is 1.10 bits per heavy atom. The van der Waals surface area contributed by atoms with Gasteiger partial charge in [-0.15, -0.1) is 11.3 Å². The van der Waals surface area contributed by atoms with Gasteiger partial charge >= 0.3 is 0 Å². The van der Waals surface area contributed by atoms with Gasteiger partial charge in [0, 0.05) is 27.4 Å². The summed E-state index contributed by atoms with van der Waals surface area (Å²) >= 11 is 1.65. The Kier molecular flexibility index (Phi) is 5.20. The first-order valence-electron chi connectivity index (χ1n) is 9.69. The van der Waals surface area contributed by atoms with Crippen LogP contribution in [0.25, 0.3) is 16.8 Å². The maximum Gasteiger partial charge on any atom is 0.225 e. The summed E-state index contributed by atoms with van der Waals surface area (Å²) in [5.41, 5.74) is 6.65. The van der Waals surface area contributed by atoms with Crippen molar-refractivity contribution in [2.75, 3.05) is 0 Å². The zero-order chi connectivity index (χ0) is 20.5. The lowest BCUT2D eigenvalue weighted by atomic mass is 10.1. The van der Waals surface area contributed by atoms with Gasteiger partial charge in [-0.2, -0.15) is 5.10 Å². The van der Waals surface area contributed by atoms with Gasteiger partial charge in [0.15, 0.2) is 5.65 Å². The van der Waals surface area contributed by atoms with Crippen molar-refractivity contribution < 1.29 is 4.79 Å². The van der Waals surface area contributed by atoms with E-state index in [1.54, 1.807) is 11.3 Å². The number of nitrogens with one attached hydrogen (secondary N) is 1. The summed E-state index contributed by atoms with van der Waals surface area (Å²) in [7, 11) is 0. The molecule has 0 unspecified atom stereocenters. The molecule has 1 aromatic carbocycles. The molecule has 4 aromatic rings. The minimum atomic E-state index is -0.00888. The number of aryl methyl sites for hydroxylation is 3. The van der Waals surface area contributed by atoms with Gasteiger partial charge in [-0.1, -0.05) is 36.4 Å². The molecule has 0 spiro atoms. The van der Waals surface area contributed by atoms with E-state index in [1.165, 1.54) is 0 Å². The van der Waals surface area contributed by atoms with E-state index in [9.17, 15) is 4.79 Å². The number of fused-ring (bicyclic) bond motifs is 1. The van der Waals surface area contributed by atoms with Crippen molar-refractivity contribution >= 4 is 22.9 Å². The topological polar surface area (TPSA) is 59.3 Å². The van der Waals surface area contributed by atoms with Crippen LogP contribution < -0.4 is 5.32 Å². The maximum absolute atomic E-state index is 12.7. The van der Waals surface area contributed by atoms with Crippen LogP contribution in [0.5, 0.6) is 0 Å². The molecule has 3 aromatic heterocycles. The van der Waals surface area contributed by atoms with Crippen molar-refractivity contribution in [1.82, 2.24) is 19.9 Å². The molecule has 4 rings (SSSR count). The molecule has 3 heterocycles. The van der Waals surface area contributed by atoms with E-state index in [-0.39, 0.29) is 18.4 Å². The average Bonchev–Trinajstić information content (AvgIpc) is 3.34. The summed E-state index contributed by atoms with van der Waals surface area (Å²) in [4.78, 5) is 18.7. The van der Waals surface area contributed by atoms with Gasteiger partial charge in [-0.05, 0) is 44.7 Å². The number of carbonyl (C=O) groups excluding carboxylic acids is 1. The number of hydrogen-bond donors (Lipinski definition) is 1. The summed E-state index contributed by atoms with van der Waals surface area (Å²) in [6.45, 7) is 7.98. The molecule has 5 nitrogen and oxygen atoms in total. The van der Waals surface area contributed by atoms with Crippen LogP contribution in [0.15, 0.2) is 47.8 Å². The number of rotatable bonds is 5. The lowest BCUT2D eigenvalue weighted by molar-refractivity contribution is -0.121. The van der Waals surface area contributed by atoms with E-state index in [0.29, 0.717) is 0 Å². The first-order chi connectivity index (χ1) is 14.0. The maximum atomic E-state index is 12.7. The predicted molar refractivity (Wildman–Crippen MR) is 117 cm³/mol. The van der Waals surface area contributed by atoms with Crippen LogP contribution in [0.1, 0.15) is 40.5 Å².